The minimum atomic E-state index is -0.980. The monoisotopic (exact) mass is 1070 g/mol. The lowest BCUT2D eigenvalue weighted by atomic mass is 9.95. The lowest BCUT2D eigenvalue weighted by molar-refractivity contribution is -0.142. The number of fused-ring (bicyclic) bond motifs is 3. The van der Waals surface area contributed by atoms with Crippen molar-refractivity contribution in [2.75, 3.05) is 44.9 Å². The first-order chi connectivity index (χ1) is 38.4. The van der Waals surface area contributed by atoms with Crippen LogP contribution < -0.4 is 25.0 Å². The number of β-amino-alcohol motifs (C(OH)–C–C–N with tert-alkyl or cyclic N) is 1. The molecule has 79 heavy (non-hydrogen) atoms. The highest BCUT2D eigenvalue weighted by molar-refractivity contribution is 6.03. The average molecular weight is 1070 g/mol. The summed E-state index contributed by atoms with van der Waals surface area (Å²) in [5.41, 5.74) is 8.40. The largest absolute Gasteiger partial charge is 0.486 e. The van der Waals surface area contributed by atoms with E-state index in [4.69, 9.17) is 24.2 Å². The van der Waals surface area contributed by atoms with Crippen molar-refractivity contribution in [1.82, 2.24) is 45.5 Å². The van der Waals surface area contributed by atoms with E-state index in [0.29, 0.717) is 34.3 Å². The number of carbonyl (C=O) groups excluding carboxylic acids is 2. The second kappa shape index (κ2) is 22.9. The van der Waals surface area contributed by atoms with E-state index in [1.54, 1.807) is 32.6 Å². The van der Waals surface area contributed by atoms with Gasteiger partial charge in [0.1, 0.15) is 48.2 Å². The maximum atomic E-state index is 14.6. The fourth-order valence-corrected chi connectivity index (χ4v) is 11.0. The number of piperazine rings is 1. The van der Waals surface area contributed by atoms with Crippen LogP contribution in [0.2, 0.25) is 0 Å². The number of hydrogen-bond donors (Lipinski definition) is 4. The molecule has 4 fully saturated rings. The van der Waals surface area contributed by atoms with Gasteiger partial charge in [0.05, 0.1) is 42.4 Å². The van der Waals surface area contributed by atoms with Gasteiger partial charge in [-0.1, -0.05) is 79.7 Å². The SMILES string of the molecule is C/C=C(F)/C=C1N=CC/1=C\c1c(C2CC2)cc2c(N3C[C@@H]4C[C@H]3CN4)nc(OC[C@H](C)OC)nc2c1OCc1ccc(-c2cn([C@H](C(=O)N3C[C@H](O)C[C@H]3C(=O)N[C@@H](CO)c3ccc(-c4ccccn4)cc3)C(C)C)nn2)cc1. The fourth-order valence-electron chi connectivity index (χ4n) is 11.0. The number of aliphatic hydroxyl groups excluding tert-OH is 2. The van der Waals surface area contributed by atoms with Crippen LogP contribution >= 0.6 is 0 Å². The van der Waals surface area contributed by atoms with E-state index < -0.39 is 30.1 Å². The second-order valence-electron chi connectivity index (χ2n) is 21.5. The van der Waals surface area contributed by atoms with Crippen molar-refractivity contribution in [1.29, 1.82) is 0 Å². The number of pyridine rings is 1. The van der Waals surface area contributed by atoms with Gasteiger partial charge in [-0.15, -0.1) is 5.10 Å². The molecule has 4 N–H and O–H groups in total. The molecule has 3 aromatic heterocycles. The van der Waals surface area contributed by atoms with E-state index in [-0.39, 0.29) is 74.5 Å². The number of aromatic nitrogens is 6. The van der Waals surface area contributed by atoms with Crippen molar-refractivity contribution in [2.24, 2.45) is 10.9 Å². The van der Waals surface area contributed by atoms with Crippen molar-refractivity contribution in [3.05, 3.63) is 137 Å². The van der Waals surface area contributed by atoms with Crippen LogP contribution in [0.4, 0.5) is 10.2 Å². The number of amides is 2. The number of carbonyl (C=O) groups is 2. The standard InChI is InChI=1S/C60H66FN11O7/c1-6-42(61)22-50-41(26-64-50)21-47-46(37-14-15-37)25-48-54(66-60(79-32-35(4)77-5)67-57(48)70-28-43-23-44(70)27-63-43)56(47)78-33-36-10-12-39(13-11-36)51-30-72(69-68-51)55(34(2)3)59(76)71-29-45(74)24-53(71)58(75)65-52(31-73)40-18-16-38(17-19-40)49-9-7-8-20-62-49/h6-13,16-22,25-26,30,34-35,37,43-45,52-53,55,63,73-74H,14-15,23-24,27-29,31-33H2,1-5H3,(H,65,75)/b41-21+,42-6-,50-22+/t35-,43-,44-,45+,52-,53-,55-/m0/s1. The van der Waals surface area contributed by atoms with Crippen LogP contribution in [0, 0.1) is 5.92 Å². The molecular weight excluding hydrogens is 1010 g/mol. The minimum absolute atomic E-state index is 0.0377. The number of benzene rings is 3. The highest BCUT2D eigenvalue weighted by Crippen LogP contribution is 2.49. The first-order valence-corrected chi connectivity index (χ1v) is 27.2. The summed E-state index contributed by atoms with van der Waals surface area (Å²) in [5, 5.41) is 37.7. The number of likely N-dealkylation sites (tertiary alicyclic amines) is 1. The molecule has 18 nitrogen and oxygen atoms in total. The molecule has 0 spiro atoms. The van der Waals surface area contributed by atoms with Gasteiger partial charge in [-0.3, -0.25) is 19.6 Å². The van der Waals surface area contributed by atoms with Crippen LogP contribution in [0.15, 0.2) is 119 Å². The molecule has 1 aliphatic carbocycles. The summed E-state index contributed by atoms with van der Waals surface area (Å²) < 4.78 is 34.9. The Morgan fingerprint density at radius 3 is 2.42 bits per heavy atom. The molecule has 7 atom stereocenters. The van der Waals surface area contributed by atoms with E-state index in [0.717, 1.165) is 82.6 Å². The number of anilines is 1. The molecule has 1 saturated carbocycles. The summed E-state index contributed by atoms with van der Waals surface area (Å²) in [6.07, 6.45) is 12.0. The fraction of sp³-hybridized carbons (Fsp3) is 0.400. The molecular formula is C60H66FN11O7. The summed E-state index contributed by atoms with van der Waals surface area (Å²) in [6.45, 7) is 9.05. The third-order valence-electron chi connectivity index (χ3n) is 15.6. The predicted octanol–water partition coefficient (Wildman–Crippen LogP) is 7.60. The number of aliphatic hydroxyl groups is 2. The molecule has 11 rings (SSSR count). The smallest absolute Gasteiger partial charge is 0.319 e. The van der Waals surface area contributed by atoms with Gasteiger partial charge in [-0.2, -0.15) is 9.97 Å². The topological polar surface area (TPSA) is 215 Å². The van der Waals surface area contributed by atoms with Crippen LogP contribution in [0.3, 0.4) is 0 Å². The zero-order valence-electron chi connectivity index (χ0n) is 45.0. The molecule has 3 saturated heterocycles. The number of methoxy groups -OCH3 is 1. The number of nitrogens with zero attached hydrogens (tertiary/aromatic N) is 9. The van der Waals surface area contributed by atoms with Gasteiger partial charge >= 0.3 is 6.01 Å². The molecule has 19 heteroatoms. The summed E-state index contributed by atoms with van der Waals surface area (Å²) >= 11 is 0. The van der Waals surface area contributed by atoms with Crippen molar-refractivity contribution in [3.63, 3.8) is 0 Å². The molecule has 3 aromatic carbocycles. The summed E-state index contributed by atoms with van der Waals surface area (Å²) in [6, 6.07) is 21.4. The maximum absolute atomic E-state index is 14.6. The number of nitrogens with one attached hydrogen (secondary N) is 2. The Balaban J connectivity index is 0.848. The van der Waals surface area contributed by atoms with Gasteiger partial charge in [0.15, 0.2) is 5.75 Å². The van der Waals surface area contributed by atoms with Crippen LogP contribution in [0.1, 0.15) is 93.6 Å². The number of ether oxygens (including phenoxy) is 3. The van der Waals surface area contributed by atoms with Gasteiger partial charge in [0.25, 0.3) is 0 Å². The van der Waals surface area contributed by atoms with Crippen LogP contribution in [0.25, 0.3) is 39.5 Å². The Morgan fingerprint density at radius 2 is 1.76 bits per heavy atom. The van der Waals surface area contributed by atoms with Gasteiger partial charge in [0, 0.05) is 85.3 Å². The molecule has 4 aliphatic heterocycles. The number of rotatable bonds is 20. The predicted molar refractivity (Wildman–Crippen MR) is 298 cm³/mol. The van der Waals surface area contributed by atoms with Crippen LogP contribution in [-0.2, 0) is 20.9 Å². The van der Waals surface area contributed by atoms with Crippen molar-refractivity contribution in [3.8, 4) is 34.3 Å². The van der Waals surface area contributed by atoms with Crippen molar-refractivity contribution < 1.29 is 38.4 Å². The lowest BCUT2D eigenvalue weighted by Gasteiger charge is -2.30. The second-order valence-corrected chi connectivity index (χ2v) is 21.5. The van der Waals surface area contributed by atoms with Gasteiger partial charge in [-0.25, -0.2) is 9.07 Å². The molecule has 410 valence electrons. The first-order valence-electron chi connectivity index (χ1n) is 27.2. The summed E-state index contributed by atoms with van der Waals surface area (Å²) in [7, 11) is 1.64. The summed E-state index contributed by atoms with van der Waals surface area (Å²) in [4.78, 5) is 51.3. The van der Waals surface area contributed by atoms with E-state index in [1.807, 2.05) is 93.6 Å². The van der Waals surface area contributed by atoms with E-state index >= 15 is 0 Å². The zero-order valence-corrected chi connectivity index (χ0v) is 45.0. The third-order valence-corrected chi connectivity index (χ3v) is 15.6. The maximum Gasteiger partial charge on any atom is 0.319 e. The van der Waals surface area contributed by atoms with Crippen molar-refractivity contribution >= 4 is 40.8 Å². The average Bonchev–Trinajstić information content (AvgIpc) is 3.74. The first kappa shape index (κ1) is 53.3. The van der Waals surface area contributed by atoms with E-state index in [1.165, 1.54) is 21.7 Å². The minimum Gasteiger partial charge on any atom is -0.486 e. The third kappa shape index (κ3) is 11.3. The molecule has 2 amide bonds. The van der Waals surface area contributed by atoms with Gasteiger partial charge < -0.3 is 44.9 Å². The Bertz CT molecular complexity index is 3340. The Morgan fingerprint density at radius 1 is 0.975 bits per heavy atom. The highest BCUT2D eigenvalue weighted by atomic mass is 19.1. The zero-order chi connectivity index (χ0) is 54.9. The molecule has 7 heterocycles. The van der Waals surface area contributed by atoms with Crippen LogP contribution in [-0.4, -0.2) is 133 Å². The Labute approximate surface area is 458 Å². The van der Waals surface area contributed by atoms with Crippen molar-refractivity contribution in [2.45, 2.75) is 108 Å². The summed E-state index contributed by atoms with van der Waals surface area (Å²) in [5.74, 6) is 0.159. The number of aliphatic imine (C=N–C) groups is 1. The number of halogens is 1. The molecule has 0 unspecified atom stereocenters. The molecule has 0 radical (unpaired) electrons. The number of hydrogen-bond acceptors (Lipinski definition) is 15. The van der Waals surface area contributed by atoms with Gasteiger partial charge in [-0.05, 0) is 92.0 Å². The molecule has 6 aromatic rings. The quantitative estimate of drug-likeness (QED) is 0.0580. The Kier molecular flexibility index (Phi) is 15.5. The molecule has 5 aliphatic rings. The van der Waals surface area contributed by atoms with Gasteiger partial charge in [0.2, 0.25) is 11.8 Å². The number of allylic oxidation sites excluding steroid dienone is 4. The normalized spacial score (nSPS) is 22.0. The molecule has 2 bridgehead atoms. The Hall–Kier alpha value is -7.71. The highest BCUT2D eigenvalue weighted by Gasteiger charge is 2.44. The van der Waals surface area contributed by atoms with Crippen LogP contribution in [0.5, 0.6) is 11.8 Å². The lowest BCUT2D eigenvalue weighted by Crippen LogP contribution is -2.50. The van der Waals surface area contributed by atoms with E-state index in [9.17, 15) is 24.2 Å². The van der Waals surface area contributed by atoms with E-state index in [2.05, 4.69) is 41.9 Å².